The van der Waals surface area contributed by atoms with E-state index in [9.17, 15) is 16.8 Å². The molecule has 2 rings (SSSR count). The van der Waals surface area contributed by atoms with Gasteiger partial charge in [-0.2, -0.15) is 5.26 Å². The van der Waals surface area contributed by atoms with Crippen molar-refractivity contribution in [1.29, 1.82) is 5.26 Å². The summed E-state index contributed by atoms with van der Waals surface area (Å²) in [5.74, 6) is -1.07. The van der Waals surface area contributed by atoms with Gasteiger partial charge >= 0.3 is 0 Å². The standard InChI is InChI=1S/C18H19NO4S2/c19-12-11-18(25(22,23)14-17-9-5-2-6-10-17)15-24(20,21)13-16-7-3-1-4-8-16/h1-10,18H,11,13-15H2/t18-/m0/s1. The van der Waals surface area contributed by atoms with Gasteiger partial charge in [0.15, 0.2) is 19.7 Å². The lowest BCUT2D eigenvalue weighted by atomic mass is 10.2. The van der Waals surface area contributed by atoms with Gasteiger partial charge in [0.05, 0.1) is 35.0 Å². The number of hydrogen-bond donors (Lipinski definition) is 0. The number of hydrogen-bond acceptors (Lipinski definition) is 5. The van der Waals surface area contributed by atoms with Gasteiger partial charge in [-0.05, 0) is 11.1 Å². The first-order chi connectivity index (χ1) is 11.8. The molecule has 0 spiro atoms. The fourth-order valence-electron chi connectivity index (χ4n) is 2.49. The third kappa shape index (κ3) is 6.00. The lowest BCUT2D eigenvalue weighted by Gasteiger charge is -2.15. The second-order valence-corrected chi connectivity index (χ2v) is 10.2. The number of nitrogens with zero attached hydrogens (tertiary/aromatic N) is 1. The molecule has 0 aliphatic rings. The smallest absolute Gasteiger partial charge is 0.159 e. The Morgan fingerprint density at radius 1 is 0.800 bits per heavy atom. The van der Waals surface area contributed by atoms with Crippen LogP contribution < -0.4 is 0 Å². The molecule has 0 aliphatic heterocycles. The van der Waals surface area contributed by atoms with Crippen molar-refractivity contribution in [2.24, 2.45) is 0 Å². The van der Waals surface area contributed by atoms with Crippen molar-refractivity contribution in [3.05, 3.63) is 71.8 Å². The largest absolute Gasteiger partial charge is 0.228 e. The van der Waals surface area contributed by atoms with Gasteiger partial charge < -0.3 is 0 Å². The van der Waals surface area contributed by atoms with Crippen molar-refractivity contribution < 1.29 is 16.8 Å². The van der Waals surface area contributed by atoms with Crippen LogP contribution in [-0.2, 0) is 31.2 Å². The molecule has 25 heavy (non-hydrogen) atoms. The lowest BCUT2D eigenvalue weighted by molar-refractivity contribution is 0.572. The Kier molecular flexibility index (Phi) is 6.34. The van der Waals surface area contributed by atoms with Gasteiger partial charge in [0, 0.05) is 0 Å². The fraction of sp³-hybridized carbons (Fsp3) is 0.278. The number of sulfone groups is 2. The van der Waals surface area contributed by atoms with Crippen molar-refractivity contribution in [3.63, 3.8) is 0 Å². The molecule has 1 atom stereocenters. The van der Waals surface area contributed by atoms with E-state index in [4.69, 9.17) is 5.26 Å². The molecule has 0 heterocycles. The molecule has 2 aromatic carbocycles. The molecule has 0 aliphatic carbocycles. The van der Waals surface area contributed by atoms with Gasteiger partial charge in [0.1, 0.15) is 0 Å². The van der Waals surface area contributed by atoms with Crippen LogP contribution >= 0.6 is 0 Å². The first-order valence-electron chi connectivity index (χ1n) is 7.69. The summed E-state index contributed by atoms with van der Waals surface area (Å²) in [6.07, 6.45) is -0.344. The summed E-state index contributed by atoms with van der Waals surface area (Å²) in [4.78, 5) is 0. The Morgan fingerprint density at radius 3 is 1.76 bits per heavy atom. The average molecular weight is 377 g/mol. The van der Waals surface area contributed by atoms with E-state index in [1.807, 2.05) is 0 Å². The van der Waals surface area contributed by atoms with Crippen LogP contribution in [0.3, 0.4) is 0 Å². The number of nitriles is 1. The molecular weight excluding hydrogens is 358 g/mol. The minimum absolute atomic E-state index is 0.239. The molecule has 0 amide bonds. The number of rotatable bonds is 8. The van der Waals surface area contributed by atoms with E-state index in [0.29, 0.717) is 11.1 Å². The second-order valence-electron chi connectivity index (χ2n) is 5.82. The van der Waals surface area contributed by atoms with Gasteiger partial charge in [0.25, 0.3) is 0 Å². The molecule has 5 nitrogen and oxygen atoms in total. The molecule has 2 aromatic rings. The van der Waals surface area contributed by atoms with Crippen LogP contribution in [0.4, 0.5) is 0 Å². The molecule has 0 saturated carbocycles. The molecule has 132 valence electrons. The molecule has 0 fully saturated rings. The summed E-state index contributed by atoms with van der Waals surface area (Å²) in [5.41, 5.74) is 1.17. The Hall–Kier alpha value is -2.17. The van der Waals surface area contributed by atoms with Gasteiger partial charge in [-0.15, -0.1) is 0 Å². The molecule has 0 N–H and O–H groups in total. The van der Waals surface area contributed by atoms with Gasteiger partial charge in [-0.25, -0.2) is 16.8 Å². The summed E-state index contributed by atoms with van der Waals surface area (Å²) >= 11 is 0. The third-order valence-electron chi connectivity index (χ3n) is 3.71. The van der Waals surface area contributed by atoms with E-state index >= 15 is 0 Å². The predicted molar refractivity (Wildman–Crippen MR) is 97.0 cm³/mol. The minimum Gasteiger partial charge on any atom is -0.228 e. The van der Waals surface area contributed by atoms with Crippen molar-refractivity contribution >= 4 is 19.7 Å². The highest BCUT2D eigenvalue weighted by atomic mass is 32.2. The SMILES string of the molecule is N#CC[C@@H](CS(=O)(=O)Cc1ccccc1)S(=O)(=O)Cc1ccccc1. The van der Waals surface area contributed by atoms with E-state index in [-0.39, 0.29) is 17.9 Å². The van der Waals surface area contributed by atoms with E-state index < -0.39 is 30.7 Å². The summed E-state index contributed by atoms with van der Waals surface area (Å²) in [6.45, 7) is 0. The molecular formula is C18H19NO4S2. The Morgan fingerprint density at radius 2 is 1.28 bits per heavy atom. The van der Waals surface area contributed by atoms with E-state index in [1.54, 1.807) is 66.7 Å². The maximum absolute atomic E-state index is 12.6. The van der Waals surface area contributed by atoms with Crippen LogP contribution in [0.1, 0.15) is 17.5 Å². The first kappa shape index (κ1) is 19.2. The van der Waals surface area contributed by atoms with Gasteiger partial charge in [-0.3, -0.25) is 0 Å². The average Bonchev–Trinajstić information content (AvgIpc) is 2.55. The molecule has 0 bridgehead atoms. The monoisotopic (exact) mass is 377 g/mol. The summed E-state index contributed by atoms with van der Waals surface area (Å²) in [6, 6.07) is 18.9. The first-order valence-corrected chi connectivity index (χ1v) is 11.2. The van der Waals surface area contributed by atoms with Crippen LogP contribution in [0.5, 0.6) is 0 Å². The summed E-state index contributed by atoms with van der Waals surface area (Å²) < 4.78 is 50.0. The predicted octanol–water partition coefficient (Wildman–Crippen LogP) is 2.50. The second kappa shape index (κ2) is 8.28. The molecule has 0 radical (unpaired) electrons. The topological polar surface area (TPSA) is 92.1 Å². The van der Waals surface area contributed by atoms with Crippen LogP contribution in [-0.4, -0.2) is 27.8 Å². The van der Waals surface area contributed by atoms with Crippen LogP contribution in [0, 0.1) is 11.3 Å². The van der Waals surface area contributed by atoms with E-state index in [1.165, 1.54) is 0 Å². The highest BCUT2D eigenvalue weighted by Gasteiger charge is 2.31. The van der Waals surface area contributed by atoms with Crippen LogP contribution in [0.2, 0.25) is 0 Å². The van der Waals surface area contributed by atoms with Crippen molar-refractivity contribution in [3.8, 4) is 6.07 Å². The highest BCUT2D eigenvalue weighted by Crippen LogP contribution is 2.18. The maximum atomic E-state index is 12.6. The van der Waals surface area contributed by atoms with Crippen molar-refractivity contribution in [2.75, 3.05) is 5.75 Å². The van der Waals surface area contributed by atoms with Crippen LogP contribution in [0.25, 0.3) is 0 Å². The number of benzene rings is 2. The molecule has 0 saturated heterocycles. The third-order valence-corrected chi connectivity index (χ3v) is 7.69. The Bertz CT molecular complexity index is 932. The Balaban J connectivity index is 2.18. The van der Waals surface area contributed by atoms with Crippen molar-refractivity contribution in [2.45, 2.75) is 23.2 Å². The summed E-state index contributed by atoms with van der Waals surface area (Å²) in [7, 11) is -7.43. The minimum atomic E-state index is -3.76. The van der Waals surface area contributed by atoms with Gasteiger partial charge in [-0.1, -0.05) is 60.7 Å². The molecule has 0 aromatic heterocycles. The quantitative estimate of drug-likeness (QED) is 0.705. The van der Waals surface area contributed by atoms with E-state index in [2.05, 4.69) is 0 Å². The zero-order valence-corrected chi connectivity index (χ0v) is 15.2. The molecule has 0 unspecified atom stereocenters. The maximum Gasteiger partial charge on any atom is 0.159 e. The lowest BCUT2D eigenvalue weighted by Crippen LogP contribution is -2.31. The normalized spacial score (nSPS) is 13.1. The van der Waals surface area contributed by atoms with Crippen molar-refractivity contribution in [1.82, 2.24) is 0 Å². The van der Waals surface area contributed by atoms with Crippen LogP contribution in [0.15, 0.2) is 60.7 Å². The zero-order valence-electron chi connectivity index (χ0n) is 13.6. The highest BCUT2D eigenvalue weighted by molar-refractivity contribution is 7.94. The zero-order chi connectivity index (χ0) is 18.3. The van der Waals surface area contributed by atoms with E-state index in [0.717, 1.165) is 0 Å². The summed E-state index contributed by atoms with van der Waals surface area (Å²) in [5, 5.41) is 7.71. The fourth-order valence-corrected chi connectivity index (χ4v) is 6.66. The Labute approximate surface area is 148 Å². The van der Waals surface area contributed by atoms with Gasteiger partial charge in [0.2, 0.25) is 0 Å². The molecule has 7 heteroatoms.